The maximum absolute atomic E-state index is 12.5. The van der Waals surface area contributed by atoms with Gasteiger partial charge in [-0.2, -0.15) is 5.10 Å². The molecule has 0 saturated carbocycles. The van der Waals surface area contributed by atoms with Gasteiger partial charge in [0.25, 0.3) is 0 Å². The van der Waals surface area contributed by atoms with E-state index < -0.39 is 0 Å². The molecule has 3 N–H and O–H groups in total. The van der Waals surface area contributed by atoms with Crippen LogP contribution in [0.5, 0.6) is 0 Å². The molecule has 4 heterocycles. The van der Waals surface area contributed by atoms with Crippen molar-refractivity contribution in [1.82, 2.24) is 20.2 Å². The molecule has 0 aliphatic heterocycles. The smallest absolute Gasteiger partial charge is 0.224 e. The number of benzene rings is 2. The number of pyridine rings is 1. The Morgan fingerprint density at radius 2 is 1.77 bits per heavy atom. The van der Waals surface area contributed by atoms with E-state index in [0.29, 0.717) is 12.1 Å². The van der Waals surface area contributed by atoms with Crippen molar-refractivity contribution >= 4 is 50.5 Å². The lowest BCUT2D eigenvalue weighted by Crippen LogP contribution is -2.19. The Bertz CT molecular complexity index is 1900. The van der Waals surface area contributed by atoms with E-state index >= 15 is 0 Å². The van der Waals surface area contributed by atoms with Gasteiger partial charge in [-0.25, -0.2) is 0 Å². The number of nitrogens with zero attached hydrogens (tertiary/aromatic N) is 2. The van der Waals surface area contributed by atoms with Gasteiger partial charge in [0.2, 0.25) is 5.91 Å². The molecule has 0 aliphatic carbocycles. The van der Waals surface area contributed by atoms with Crippen molar-refractivity contribution in [1.29, 1.82) is 0 Å². The Balaban J connectivity index is 1.36. The molecule has 0 aliphatic rings. The number of Topliss-reactive ketones (excluding diaryl/α,β-unsaturated/α-hetero) is 1. The molecule has 0 atom stereocenters. The number of anilines is 1. The summed E-state index contributed by atoms with van der Waals surface area (Å²) in [6, 6.07) is 20.2. The van der Waals surface area contributed by atoms with Gasteiger partial charge in [0.15, 0.2) is 5.78 Å². The number of thiophene rings is 1. The van der Waals surface area contributed by atoms with Crippen LogP contribution in [-0.2, 0) is 4.79 Å². The summed E-state index contributed by atoms with van der Waals surface area (Å²) in [6.07, 6.45) is 3.89. The van der Waals surface area contributed by atoms with Crippen LogP contribution in [0.3, 0.4) is 0 Å². The highest BCUT2D eigenvalue weighted by atomic mass is 32.1. The lowest BCUT2D eigenvalue weighted by Gasteiger charge is -2.17. The number of nitrogens with one attached hydrogen (secondary N) is 3. The molecule has 0 radical (unpaired) electrons. The van der Waals surface area contributed by atoms with E-state index in [-0.39, 0.29) is 17.1 Å². The van der Waals surface area contributed by atoms with Crippen LogP contribution in [0.25, 0.3) is 54.8 Å². The van der Waals surface area contributed by atoms with Gasteiger partial charge in [-0.3, -0.25) is 19.7 Å². The Morgan fingerprint density at radius 3 is 2.55 bits per heavy atom. The van der Waals surface area contributed by atoms with Crippen molar-refractivity contribution in [2.24, 2.45) is 5.41 Å². The minimum Gasteiger partial charge on any atom is -0.353 e. The SMILES string of the molecule is CC(=O)c1ccc(-c2cccc3[nH]c(-c4n[nH]c5ccc(-c6cncc(NC(=O)CC(C)(C)C)c6)cc45)cc23)s1. The predicted octanol–water partition coefficient (Wildman–Crippen LogP) is 8.08. The lowest BCUT2D eigenvalue weighted by molar-refractivity contribution is -0.117. The first-order chi connectivity index (χ1) is 19.1. The molecule has 1 amide bonds. The van der Waals surface area contributed by atoms with E-state index in [0.717, 1.165) is 59.6 Å². The van der Waals surface area contributed by atoms with Gasteiger partial charge < -0.3 is 10.3 Å². The van der Waals surface area contributed by atoms with E-state index in [1.807, 2.05) is 63.2 Å². The summed E-state index contributed by atoms with van der Waals surface area (Å²) in [5, 5.41) is 12.8. The Morgan fingerprint density at radius 1 is 0.925 bits per heavy atom. The number of ketones is 1. The number of amides is 1. The number of fused-ring (bicyclic) bond motifs is 2. The van der Waals surface area contributed by atoms with Crippen molar-refractivity contribution in [2.45, 2.75) is 34.1 Å². The standard InChI is InChI=1S/C32H29N5O2S/c1-18(38)28-10-11-29(40-28)22-6-5-7-25-23(22)14-27(35-25)31-24-13-19(8-9-26(24)36-37-31)20-12-21(17-33-16-20)34-30(39)15-32(2,3)4/h5-14,16-17,35H,15H2,1-4H3,(H,34,39)(H,36,37). The highest BCUT2D eigenvalue weighted by Gasteiger charge is 2.18. The molecule has 40 heavy (non-hydrogen) atoms. The fourth-order valence-electron chi connectivity index (χ4n) is 4.92. The number of carbonyl (C=O) groups is 2. The Labute approximate surface area is 235 Å². The zero-order chi connectivity index (χ0) is 28.0. The van der Waals surface area contributed by atoms with Crippen LogP contribution >= 0.6 is 11.3 Å². The summed E-state index contributed by atoms with van der Waals surface area (Å²) in [6.45, 7) is 7.72. The van der Waals surface area contributed by atoms with Gasteiger partial charge in [-0.1, -0.05) is 39.0 Å². The molecule has 0 fully saturated rings. The van der Waals surface area contributed by atoms with Gasteiger partial charge in [-0.05, 0) is 60.4 Å². The van der Waals surface area contributed by atoms with E-state index in [2.05, 4.69) is 43.7 Å². The first-order valence-electron chi connectivity index (χ1n) is 13.1. The molecular formula is C32H29N5O2S. The molecule has 2 aromatic carbocycles. The zero-order valence-corrected chi connectivity index (χ0v) is 23.6. The Kier molecular flexibility index (Phi) is 6.35. The van der Waals surface area contributed by atoms with Gasteiger partial charge in [0.05, 0.1) is 28.0 Å². The van der Waals surface area contributed by atoms with Gasteiger partial charge in [0, 0.05) is 44.9 Å². The molecule has 0 spiro atoms. The maximum Gasteiger partial charge on any atom is 0.224 e. The molecule has 6 aromatic rings. The molecule has 0 unspecified atom stereocenters. The molecule has 200 valence electrons. The fourth-order valence-corrected chi connectivity index (χ4v) is 5.86. The number of aromatic nitrogens is 4. The normalized spacial score (nSPS) is 11.8. The quantitative estimate of drug-likeness (QED) is 0.183. The molecule has 8 heteroatoms. The number of hydrogen-bond acceptors (Lipinski definition) is 5. The molecule has 7 nitrogen and oxygen atoms in total. The zero-order valence-electron chi connectivity index (χ0n) is 22.8. The number of H-pyrrole nitrogens is 2. The summed E-state index contributed by atoms with van der Waals surface area (Å²) >= 11 is 1.51. The van der Waals surface area contributed by atoms with Gasteiger partial charge in [-0.15, -0.1) is 11.3 Å². The number of aromatic amines is 2. The van der Waals surface area contributed by atoms with Crippen molar-refractivity contribution < 1.29 is 9.59 Å². The second kappa shape index (κ2) is 9.88. The molecule has 4 aromatic heterocycles. The van der Waals surface area contributed by atoms with Crippen LogP contribution < -0.4 is 5.32 Å². The van der Waals surface area contributed by atoms with Crippen molar-refractivity contribution in [3.63, 3.8) is 0 Å². The van der Waals surface area contributed by atoms with Crippen LogP contribution in [0.15, 0.2) is 73.1 Å². The highest BCUT2D eigenvalue weighted by Crippen LogP contribution is 2.37. The van der Waals surface area contributed by atoms with E-state index in [1.54, 1.807) is 19.3 Å². The molecule has 6 rings (SSSR count). The number of rotatable bonds is 6. The summed E-state index contributed by atoms with van der Waals surface area (Å²) in [4.78, 5) is 34.0. The summed E-state index contributed by atoms with van der Waals surface area (Å²) in [5.41, 5.74) is 7.17. The monoisotopic (exact) mass is 547 g/mol. The summed E-state index contributed by atoms with van der Waals surface area (Å²) in [7, 11) is 0. The molecule has 0 bridgehead atoms. The molecular weight excluding hydrogens is 518 g/mol. The third-order valence-electron chi connectivity index (χ3n) is 6.75. The predicted molar refractivity (Wildman–Crippen MR) is 163 cm³/mol. The van der Waals surface area contributed by atoms with E-state index in [4.69, 9.17) is 0 Å². The topological polar surface area (TPSA) is 104 Å². The van der Waals surface area contributed by atoms with Gasteiger partial charge >= 0.3 is 0 Å². The van der Waals surface area contributed by atoms with E-state index in [1.165, 1.54) is 11.3 Å². The maximum atomic E-state index is 12.5. The first kappa shape index (κ1) is 25.7. The fraction of sp³-hybridized carbons (Fsp3) is 0.188. The van der Waals surface area contributed by atoms with Crippen molar-refractivity contribution in [3.05, 3.63) is 77.9 Å². The third kappa shape index (κ3) is 5.05. The second-order valence-electron chi connectivity index (χ2n) is 11.3. The first-order valence-corrected chi connectivity index (χ1v) is 13.9. The van der Waals surface area contributed by atoms with Crippen LogP contribution in [0, 0.1) is 5.41 Å². The van der Waals surface area contributed by atoms with Crippen molar-refractivity contribution in [3.8, 4) is 33.0 Å². The largest absolute Gasteiger partial charge is 0.353 e. The van der Waals surface area contributed by atoms with Crippen molar-refractivity contribution in [2.75, 3.05) is 5.32 Å². The minimum absolute atomic E-state index is 0.0303. The number of hydrogen-bond donors (Lipinski definition) is 3. The Hall–Kier alpha value is -4.56. The minimum atomic E-state index is -0.0948. The lowest BCUT2D eigenvalue weighted by atomic mass is 9.92. The molecule has 0 saturated heterocycles. The average molecular weight is 548 g/mol. The highest BCUT2D eigenvalue weighted by molar-refractivity contribution is 7.17. The third-order valence-corrected chi connectivity index (χ3v) is 7.97. The van der Waals surface area contributed by atoms with Crippen LogP contribution in [-0.4, -0.2) is 31.9 Å². The van der Waals surface area contributed by atoms with Gasteiger partial charge in [0.1, 0.15) is 5.69 Å². The van der Waals surface area contributed by atoms with Crippen LogP contribution in [0.1, 0.15) is 43.8 Å². The summed E-state index contributed by atoms with van der Waals surface area (Å²) < 4.78 is 0. The summed E-state index contributed by atoms with van der Waals surface area (Å²) in [5.74, 6) is 0.0438. The number of carbonyl (C=O) groups excluding carboxylic acids is 2. The van der Waals surface area contributed by atoms with E-state index in [9.17, 15) is 9.59 Å². The average Bonchev–Trinajstić information content (AvgIpc) is 3.65. The van der Waals surface area contributed by atoms with Crippen LogP contribution in [0.2, 0.25) is 0 Å². The second-order valence-corrected chi connectivity index (χ2v) is 12.3. The van der Waals surface area contributed by atoms with Crippen LogP contribution in [0.4, 0.5) is 5.69 Å².